The molecule has 0 radical (unpaired) electrons. The van der Waals surface area contributed by atoms with Gasteiger partial charge in [0.15, 0.2) is 0 Å². The lowest BCUT2D eigenvalue weighted by atomic mass is 10.0. The number of carboxylic acid groups (broad SMARTS) is 1. The first-order valence-corrected chi connectivity index (χ1v) is 4.24. The first kappa shape index (κ1) is 9.83. The summed E-state index contributed by atoms with van der Waals surface area (Å²) < 4.78 is 4.49. The average molecular weight is 187 g/mol. The zero-order valence-corrected chi connectivity index (χ0v) is 7.52. The second kappa shape index (κ2) is 4.11. The number of likely N-dealkylation sites (tertiary alicyclic amines) is 1. The van der Waals surface area contributed by atoms with E-state index in [0.29, 0.717) is 13.0 Å². The summed E-state index contributed by atoms with van der Waals surface area (Å²) in [6, 6.07) is -0.707. The minimum absolute atomic E-state index is 0.476. The fourth-order valence-electron chi connectivity index (χ4n) is 1.52. The number of carbonyl (C=O) groups is 2. The molecule has 13 heavy (non-hydrogen) atoms. The normalized spacial score (nSPS) is 22.5. The van der Waals surface area contributed by atoms with Crippen molar-refractivity contribution in [2.45, 2.75) is 25.3 Å². The number of rotatable bonds is 1. The van der Waals surface area contributed by atoms with Crippen LogP contribution in [0.25, 0.3) is 0 Å². The Kier molecular flexibility index (Phi) is 3.11. The van der Waals surface area contributed by atoms with Crippen LogP contribution in [0.3, 0.4) is 0 Å². The Bertz CT molecular complexity index is 216. The standard InChI is InChI=1S/C8H13NO4/c1-13-8(12)9-5-3-2-4-6(9)7(10)11/h6H,2-5H2,1H3,(H,10,11). The molecule has 0 bridgehead atoms. The Morgan fingerprint density at radius 1 is 1.46 bits per heavy atom. The number of hydrogen-bond donors (Lipinski definition) is 1. The summed E-state index contributed by atoms with van der Waals surface area (Å²) in [5.41, 5.74) is 0. The third kappa shape index (κ3) is 2.11. The second-order valence-electron chi connectivity index (χ2n) is 3.01. The maximum Gasteiger partial charge on any atom is 0.410 e. The molecule has 0 aromatic carbocycles. The minimum atomic E-state index is -0.954. The molecule has 1 fully saturated rings. The average Bonchev–Trinajstić information content (AvgIpc) is 2.16. The minimum Gasteiger partial charge on any atom is -0.480 e. The molecule has 1 saturated heterocycles. The Labute approximate surface area is 76.3 Å². The summed E-state index contributed by atoms with van der Waals surface area (Å²) in [5.74, 6) is -0.954. The van der Waals surface area contributed by atoms with Gasteiger partial charge >= 0.3 is 12.1 Å². The van der Waals surface area contributed by atoms with Crippen molar-refractivity contribution < 1.29 is 19.4 Å². The molecule has 5 nitrogen and oxygen atoms in total. The molecular formula is C8H13NO4. The Morgan fingerprint density at radius 2 is 2.15 bits per heavy atom. The Hall–Kier alpha value is -1.26. The molecule has 0 aromatic heterocycles. The highest BCUT2D eigenvalue weighted by atomic mass is 16.5. The first-order chi connectivity index (χ1) is 6.16. The van der Waals surface area contributed by atoms with Crippen LogP contribution in [0.4, 0.5) is 4.79 Å². The molecule has 0 aromatic rings. The largest absolute Gasteiger partial charge is 0.480 e. The lowest BCUT2D eigenvalue weighted by Gasteiger charge is -2.31. The van der Waals surface area contributed by atoms with Crippen molar-refractivity contribution in [1.29, 1.82) is 0 Å². The van der Waals surface area contributed by atoms with E-state index >= 15 is 0 Å². The lowest BCUT2D eigenvalue weighted by Crippen LogP contribution is -2.47. The third-order valence-corrected chi connectivity index (χ3v) is 2.20. The van der Waals surface area contributed by atoms with Crippen LogP contribution in [-0.2, 0) is 9.53 Å². The van der Waals surface area contributed by atoms with E-state index in [1.165, 1.54) is 12.0 Å². The number of ether oxygens (including phenoxy) is 1. The summed E-state index contributed by atoms with van der Waals surface area (Å²) >= 11 is 0. The number of hydrogen-bond acceptors (Lipinski definition) is 3. The highest BCUT2D eigenvalue weighted by molar-refractivity contribution is 5.80. The van der Waals surface area contributed by atoms with Gasteiger partial charge in [-0.15, -0.1) is 0 Å². The molecular weight excluding hydrogens is 174 g/mol. The van der Waals surface area contributed by atoms with Crippen LogP contribution in [0.2, 0.25) is 0 Å². The van der Waals surface area contributed by atoms with E-state index < -0.39 is 18.1 Å². The molecule has 5 heteroatoms. The van der Waals surface area contributed by atoms with Crippen molar-refractivity contribution in [2.24, 2.45) is 0 Å². The van der Waals surface area contributed by atoms with E-state index in [2.05, 4.69) is 4.74 Å². The predicted molar refractivity (Wildman–Crippen MR) is 44.4 cm³/mol. The topological polar surface area (TPSA) is 66.8 Å². The van der Waals surface area contributed by atoms with Gasteiger partial charge < -0.3 is 9.84 Å². The Morgan fingerprint density at radius 3 is 2.69 bits per heavy atom. The molecule has 1 heterocycles. The number of methoxy groups -OCH3 is 1. The van der Waals surface area contributed by atoms with Gasteiger partial charge in [-0.1, -0.05) is 0 Å². The van der Waals surface area contributed by atoms with Gasteiger partial charge in [0.05, 0.1) is 7.11 Å². The maximum absolute atomic E-state index is 11.1. The third-order valence-electron chi connectivity index (χ3n) is 2.20. The van der Waals surface area contributed by atoms with Crippen molar-refractivity contribution in [3.8, 4) is 0 Å². The van der Waals surface area contributed by atoms with E-state index in [-0.39, 0.29) is 0 Å². The summed E-state index contributed by atoms with van der Waals surface area (Å²) in [4.78, 5) is 23.1. The van der Waals surface area contributed by atoms with E-state index in [1.54, 1.807) is 0 Å². The number of carboxylic acids is 1. The summed E-state index contributed by atoms with van der Waals surface area (Å²) in [6.45, 7) is 0.476. The van der Waals surface area contributed by atoms with Gasteiger partial charge in [-0.05, 0) is 19.3 Å². The molecule has 0 aliphatic carbocycles. The molecule has 0 saturated carbocycles. The zero-order valence-electron chi connectivity index (χ0n) is 7.52. The number of amides is 1. The summed E-state index contributed by atoms with van der Waals surface area (Å²) in [6.07, 6.45) is 1.67. The van der Waals surface area contributed by atoms with Gasteiger partial charge in [-0.25, -0.2) is 9.59 Å². The van der Waals surface area contributed by atoms with E-state index in [0.717, 1.165) is 12.8 Å². The highest BCUT2D eigenvalue weighted by Crippen LogP contribution is 2.17. The van der Waals surface area contributed by atoms with Crippen molar-refractivity contribution >= 4 is 12.1 Å². The molecule has 1 N–H and O–H groups in total. The Balaban J connectivity index is 2.67. The number of carbonyl (C=O) groups excluding carboxylic acids is 1. The molecule has 1 amide bonds. The number of piperidine rings is 1. The van der Waals surface area contributed by atoms with Gasteiger partial charge in [0.1, 0.15) is 6.04 Å². The van der Waals surface area contributed by atoms with Crippen LogP contribution >= 0.6 is 0 Å². The number of aliphatic carboxylic acids is 1. The first-order valence-electron chi connectivity index (χ1n) is 4.24. The zero-order chi connectivity index (χ0) is 9.84. The van der Waals surface area contributed by atoms with Crippen molar-refractivity contribution in [3.63, 3.8) is 0 Å². The summed E-state index contributed by atoms with van der Waals surface area (Å²) in [7, 11) is 1.26. The van der Waals surface area contributed by atoms with Gasteiger partial charge in [0.25, 0.3) is 0 Å². The van der Waals surface area contributed by atoms with Gasteiger partial charge in [-0.3, -0.25) is 4.90 Å². The molecule has 1 unspecified atom stereocenters. The molecule has 1 atom stereocenters. The van der Waals surface area contributed by atoms with Crippen LogP contribution < -0.4 is 0 Å². The molecule has 0 spiro atoms. The maximum atomic E-state index is 11.1. The van der Waals surface area contributed by atoms with Gasteiger partial charge in [-0.2, -0.15) is 0 Å². The van der Waals surface area contributed by atoms with E-state index in [9.17, 15) is 9.59 Å². The lowest BCUT2D eigenvalue weighted by molar-refractivity contribution is -0.143. The van der Waals surface area contributed by atoms with Crippen LogP contribution in [-0.4, -0.2) is 41.8 Å². The van der Waals surface area contributed by atoms with E-state index in [1.807, 2.05) is 0 Å². The van der Waals surface area contributed by atoms with Crippen LogP contribution in [0.1, 0.15) is 19.3 Å². The SMILES string of the molecule is COC(=O)N1CCCCC1C(=O)O. The van der Waals surface area contributed by atoms with Crippen molar-refractivity contribution in [3.05, 3.63) is 0 Å². The van der Waals surface area contributed by atoms with Gasteiger partial charge in [0, 0.05) is 6.54 Å². The molecule has 74 valence electrons. The van der Waals surface area contributed by atoms with Gasteiger partial charge in [0.2, 0.25) is 0 Å². The molecule has 1 aliphatic rings. The smallest absolute Gasteiger partial charge is 0.410 e. The second-order valence-corrected chi connectivity index (χ2v) is 3.01. The monoisotopic (exact) mass is 187 g/mol. The van der Waals surface area contributed by atoms with Crippen molar-refractivity contribution in [1.82, 2.24) is 4.90 Å². The fourth-order valence-corrected chi connectivity index (χ4v) is 1.52. The van der Waals surface area contributed by atoms with Crippen LogP contribution in [0.5, 0.6) is 0 Å². The van der Waals surface area contributed by atoms with E-state index in [4.69, 9.17) is 5.11 Å². The quantitative estimate of drug-likeness (QED) is 0.655. The molecule has 1 rings (SSSR count). The molecule has 1 aliphatic heterocycles. The predicted octanol–water partition coefficient (Wildman–Crippen LogP) is 0.692. The van der Waals surface area contributed by atoms with Crippen molar-refractivity contribution in [2.75, 3.05) is 13.7 Å². The number of nitrogens with zero attached hydrogens (tertiary/aromatic N) is 1. The fraction of sp³-hybridized carbons (Fsp3) is 0.750. The van der Waals surface area contributed by atoms with Crippen LogP contribution in [0.15, 0.2) is 0 Å². The highest BCUT2D eigenvalue weighted by Gasteiger charge is 2.32. The summed E-state index contributed by atoms with van der Waals surface area (Å²) in [5, 5.41) is 8.80. The van der Waals surface area contributed by atoms with Crippen LogP contribution in [0, 0.1) is 0 Å².